The molecule has 7 heteroatoms. The normalized spacial score (nSPS) is 11.3. The van der Waals surface area contributed by atoms with E-state index in [1.54, 1.807) is 20.9 Å². The molecule has 2 aromatic heterocycles. The van der Waals surface area contributed by atoms with Gasteiger partial charge in [-0.15, -0.1) is 5.10 Å². The Morgan fingerprint density at radius 2 is 2.18 bits per heavy atom. The molecule has 0 N–H and O–H groups in total. The lowest BCUT2D eigenvalue weighted by Crippen LogP contribution is -2.29. The number of nitrogens with zero attached hydrogens (tertiary/aromatic N) is 5. The van der Waals surface area contributed by atoms with E-state index < -0.39 is 0 Å². The maximum Gasteiger partial charge on any atom is 0.281 e. The van der Waals surface area contributed by atoms with E-state index in [-0.39, 0.29) is 23.8 Å². The Hall–Kier alpha value is -2.05. The molecule has 90 valence electrons. The van der Waals surface area contributed by atoms with Gasteiger partial charge in [0.15, 0.2) is 11.4 Å². The smallest absolute Gasteiger partial charge is 0.281 e. The molecule has 17 heavy (non-hydrogen) atoms. The van der Waals surface area contributed by atoms with Crippen LogP contribution in [-0.4, -0.2) is 30.6 Å². The molecule has 2 aromatic rings. The van der Waals surface area contributed by atoms with Crippen LogP contribution in [0.4, 0.5) is 0 Å². The van der Waals surface area contributed by atoms with Crippen molar-refractivity contribution in [3.8, 4) is 0 Å². The lowest BCUT2D eigenvalue weighted by Gasteiger charge is -2.04. The minimum atomic E-state index is -0.336. The van der Waals surface area contributed by atoms with Gasteiger partial charge in [0.05, 0.1) is 6.20 Å². The fourth-order valence-electron chi connectivity index (χ4n) is 1.41. The van der Waals surface area contributed by atoms with Crippen LogP contribution in [0, 0.1) is 5.92 Å². The van der Waals surface area contributed by atoms with E-state index in [1.165, 1.54) is 10.9 Å². The van der Waals surface area contributed by atoms with Crippen LogP contribution in [-0.2, 0) is 18.4 Å². The molecule has 0 aromatic carbocycles. The topological polar surface area (TPSA) is 82.7 Å². The molecule has 0 saturated carbocycles. The summed E-state index contributed by atoms with van der Waals surface area (Å²) in [6, 6.07) is 0. The first kappa shape index (κ1) is 11.4. The van der Waals surface area contributed by atoms with Crippen LogP contribution in [0.5, 0.6) is 0 Å². The highest BCUT2D eigenvalue weighted by Crippen LogP contribution is 2.02. The molecule has 7 nitrogen and oxygen atoms in total. The Morgan fingerprint density at radius 1 is 1.47 bits per heavy atom. The van der Waals surface area contributed by atoms with Crippen molar-refractivity contribution in [3.63, 3.8) is 0 Å². The van der Waals surface area contributed by atoms with Gasteiger partial charge in [-0.2, -0.15) is 5.10 Å². The number of Topliss-reactive ketones (excluding diaryl/α,β-unsaturated/α-hetero) is 1. The number of hydrogen-bond acceptors (Lipinski definition) is 5. The number of hydrogen-bond donors (Lipinski definition) is 0. The third-order valence-corrected chi connectivity index (χ3v) is 2.57. The first-order valence-electron chi connectivity index (χ1n) is 5.29. The van der Waals surface area contributed by atoms with E-state index >= 15 is 0 Å². The largest absolute Gasteiger partial charge is 0.297 e. The summed E-state index contributed by atoms with van der Waals surface area (Å²) in [6.45, 7) is 3.52. The monoisotopic (exact) mass is 235 g/mol. The SMILES string of the molecule is CC(C)C(=O)Cn1nnc2c(cnn2C)c1=O. The summed E-state index contributed by atoms with van der Waals surface area (Å²) in [7, 11) is 1.68. The molecule has 2 rings (SSSR count). The summed E-state index contributed by atoms with van der Waals surface area (Å²) in [4.78, 5) is 23.5. The highest BCUT2D eigenvalue weighted by Gasteiger charge is 2.13. The van der Waals surface area contributed by atoms with Crippen molar-refractivity contribution in [2.24, 2.45) is 13.0 Å². The maximum atomic E-state index is 12.0. The van der Waals surface area contributed by atoms with Gasteiger partial charge in [-0.3, -0.25) is 9.59 Å². The van der Waals surface area contributed by atoms with Crippen LogP contribution in [0.2, 0.25) is 0 Å². The molecule has 0 bridgehead atoms. The zero-order chi connectivity index (χ0) is 12.6. The Kier molecular flexibility index (Phi) is 2.74. The zero-order valence-corrected chi connectivity index (χ0v) is 9.91. The summed E-state index contributed by atoms with van der Waals surface area (Å²) in [5.41, 5.74) is 0.0837. The fourth-order valence-corrected chi connectivity index (χ4v) is 1.41. The van der Waals surface area contributed by atoms with Crippen molar-refractivity contribution in [2.45, 2.75) is 20.4 Å². The van der Waals surface area contributed by atoms with Crippen molar-refractivity contribution >= 4 is 16.8 Å². The first-order chi connectivity index (χ1) is 8.00. The van der Waals surface area contributed by atoms with Gasteiger partial charge in [0.2, 0.25) is 0 Å². The molecule has 0 aliphatic carbocycles. The van der Waals surface area contributed by atoms with Gasteiger partial charge in [-0.05, 0) is 0 Å². The maximum absolute atomic E-state index is 12.0. The van der Waals surface area contributed by atoms with Crippen LogP contribution in [0.1, 0.15) is 13.8 Å². The molecule has 0 spiro atoms. The number of carbonyl (C=O) groups is 1. The third-order valence-electron chi connectivity index (χ3n) is 2.57. The predicted octanol–water partition coefficient (Wildman–Crippen LogP) is -0.250. The Bertz CT molecular complexity index is 625. The van der Waals surface area contributed by atoms with Gasteiger partial charge in [0.25, 0.3) is 5.56 Å². The molecule has 0 fully saturated rings. The van der Waals surface area contributed by atoms with Crippen LogP contribution in [0.3, 0.4) is 0 Å². The molecule has 2 heterocycles. The lowest BCUT2D eigenvalue weighted by molar-refractivity contribution is -0.122. The van der Waals surface area contributed by atoms with Gasteiger partial charge in [-0.25, -0.2) is 9.36 Å². The minimum absolute atomic E-state index is 0.0473. The van der Waals surface area contributed by atoms with Crippen LogP contribution in [0.15, 0.2) is 11.0 Å². The molecule has 0 atom stereocenters. The van der Waals surface area contributed by atoms with Crippen molar-refractivity contribution in [1.82, 2.24) is 24.8 Å². The average Bonchev–Trinajstić information content (AvgIpc) is 2.65. The van der Waals surface area contributed by atoms with E-state index in [9.17, 15) is 9.59 Å². The number of aromatic nitrogens is 5. The number of fused-ring (bicyclic) bond motifs is 1. The van der Waals surface area contributed by atoms with Crippen molar-refractivity contribution in [2.75, 3.05) is 0 Å². The molecule has 0 saturated heterocycles. The van der Waals surface area contributed by atoms with Crippen LogP contribution >= 0.6 is 0 Å². The van der Waals surface area contributed by atoms with Crippen LogP contribution in [0.25, 0.3) is 11.0 Å². The standard InChI is InChI=1S/C10H13N5O2/c1-6(2)8(16)5-15-10(17)7-4-11-14(3)9(7)12-13-15/h4,6H,5H2,1-3H3. The van der Waals surface area contributed by atoms with E-state index in [2.05, 4.69) is 15.4 Å². The summed E-state index contributed by atoms with van der Waals surface area (Å²) in [5, 5.41) is 11.9. The number of rotatable bonds is 3. The predicted molar refractivity (Wildman–Crippen MR) is 60.4 cm³/mol. The molecule has 0 unspecified atom stereocenters. The third kappa shape index (κ3) is 1.95. The van der Waals surface area contributed by atoms with Gasteiger partial charge in [0.1, 0.15) is 11.9 Å². The molecule has 0 radical (unpaired) electrons. The Morgan fingerprint density at radius 3 is 2.82 bits per heavy atom. The highest BCUT2D eigenvalue weighted by atomic mass is 16.1. The highest BCUT2D eigenvalue weighted by molar-refractivity contribution is 5.80. The van der Waals surface area contributed by atoms with E-state index in [1.807, 2.05) is 0 Å². The second kappa shape index (κ2) is 4.08. The van der Waals surface area contributed by atoms with E-state index in [4.69, 9.17) is 0 Å². The molecule has 0 aliphatic heterocycles. The first-order valence-corrected chi connectivity index (χ1v) is 5.29. The van der Waals surface area contributed by atoms with Gasteiger partial charge < -0.3 is 0 Å². The second-order valence-electron chi connectivity index (χ2n) is 4.18. The molecular formula is C10H13N5O2. The quantitative estimate of drug-likeness (QED) is 0.732. The fraction of sp³-hybridized carbons (Fsp3) is 0.500. The van der Waals surface area contributed by atoms with Crippen LogP contribution < -0.4 is 5.56 Å². The van der Waals surface area contributed by atoms with Gasteiger partial charge in [-0.1, -0.05) is 19.1 Å². The van der Waals surface area contributed by atoms with Gasteiger partial charge in [0, 0.05) is 13.0 Å². The molecule has 0 aliphatic rings. The van der Waals surface area contributed by atoms with Crippen molar-refractivity contribution in [3.05, 3.63) is 16.6 Å². The number of ketones is 1. The molecular weight excluding hydrogens is 222 g/mol. The Labute approximate surface area is 97.0 Å². The number of carbonyl (C=O) groups excluding carboxylic acids is 1. The minimum Gasteiger partial charge on any atom is -0.297 e. The summed E-state index contributed by atoms with van der Waals surface area (Å²) >= 11 is 0. The Balaban J connectivity index is 2.47. The summed E-state index contributed by atoms with van der Waals surface area (Å²) in [6.07, 6.45) is 1.43. The lowest BCUT2D eigenvalue weighted by atomic mass is 10.1. The van der Waals surface area contributed by atoms with Crippen molar-refractivity contribution in [1.29, 1.82) is 0 Å². The number of aryl methyl sites for hydroxylation is 1. The summed E-state index contributed by atoms with van der Waals surface area (Å²) < 4.78 is 2.55. The summed E-state index contributed by atoms with van der Waals surface area (Å²) in [5.74, 6) is -0.182. The van der Waals surface area contributed by atoms with Crippen molar-refractivity contribution < 1.29 is 4.79 Å². The second-order valence-corrected chi connectivity index (χ2v) is 4.18. The van der Waals surface area contributed by atoms with E-state index in [0.717, 1.165) is 4.68 Å². The van der Waals surface area contributed by atoms with E-state index in [0.29, 0.717) is 11.0 Å². The zero-order valence-electron chi connectivity index (χ0n) is 9.91. The van der Waals surface area contributed by atoms with Gasteiger partial charge >= 0.3 is 0 Å². The molecule has 0 amide bonds. The average molecular weight is 235 g/mol.